The average molecular weight is 468 g/mol. The molecule has 174 valence electrons. The number of nitrogens with two attached hydrogens (primary N) is 1. The van der Waals surface area contributed by atoms with Crippen LogP contribution in [0.4, 0.5) is 0 Å². The second-order valence-electron chi connectivity index (χ2n) is 8.26. The van der Waals surface area contributed by atoms with Crippen molar-refractivity contribution in [2.75, 3.05) is 19.7 Å². The first-order valence-corrected chi connectivity index (χ1v) is 11.5. The van der Waals surface area contributed by atoms with Gasteiger partial charge in [0.05, 0.1) is 18.3 Å². The maximum absolute atomic E-state index is 13.0. The van der Waals surface area contributed by atoms with Crippen molar-refractivity contribution in [3.05, 3.63) is 58.7 Å². The predicted molar refractivity (Wildman–Crippen MR) is 130 cm³/mol. The third kappa shape index (κ3) is 4.41. The van der Waals surface area contributed by atoms with Crippen LogP contribution in [0.3, 0.4) is 0 Å². The lowest BCUT2D eigenvalue weighted by molar-refractivity contribution is 0.0942. The summed E-state index contributed by atoms with van der Waals surface area (Å²) in [6.45, 7) is 3.41. The molecule has 0 fully saturated rings. The predicted octanol–water partition coefficient (Wildman–Crippen LogP) is 1.94. The van der Waals surface area contributed by atoms with Crippen LogP contribution in [0.25, 0.3) is 10.9 Å². The zero-order valence-electron chi connectivity index (χ0n) is 19.0. The molecular formula is C23H29N7O2S. The first-order chi connectivity index (χ1) is 15.8. The number of nitrogens with zero attached hydrogens (tertiary/aromatic N) is 4. The molecule has 1 amide bonds. The summed E-state index contributed by atoms with van der Waals surface area (Å²) in [5, 5.41) is 25.7. The van der Waals surface area contributed by atoms with Gasteiger partial charge in [-0.15, -0.1) is 0 Å². The number of nitrogens with one attached hydrogen (secondary N) is 2. The summed E-state index contributed by atoms with van der Waals surface area (Å²) in [5.74, 6) is -0.354. The third-order valence-corrected chi connectivity index (χ3v) is 7.36. The number of aromatic nitrogens is 3. The molecule has 3 heterocycles. The number of carbonyl (C=O) groups excluding carboxylic acids is 1. The highest BCUT2D eigenvalue weighted by Gasteiger charge is 2.27. The van der Waals surface area contributed by atoms with Gasteiger partial charge in [0, 0.05) is 73.1 Å². The molecule has 0 aliphatic carbocycles. The number of carbonyl (C=O) groups is 1. The monoisotopic (exact) mass is 467 g/mol. The summed E-state index contributed by atoms with van der Waals surface area (Å²) in [6, 6.07) is 7.86. The van der Waals surface area contributed by atoms with Crippen molar-refractivity contribution < 1.29 is 9.90 Å². The van der Waals surface area contributed by atoms with Crippen molar-refractivity contribution in [1.82, 2.24) is 24.0 Å². The molecule has 0 saturated heterocycles. The second-order valence-corrected chi connectivity index (χ2v) is 9.40. The summed E-state index contributed by atoms with van der Waals surface area (Å²) >= 11 is 1.52. The van der Waals surface area contributed by atoms with Crippen LogP contribution in [0.15, 0.2) is 46.6 Å². The quantitative estimate of drug-likeness (QED) is 0.311. The fourth-order valence-corrected chi connectivity index (χ4v) is 5.32. The van der Waals surface area contributed by atoms with Crippen molar-refractivity contribution in [2.24, 2.45) is 25.7 Å². The molecule has 2 aromatic heterocycles. The lowest BCUT2D eigenvalue weighted by atomic mass is 9.98. The van der Waals surface area contributed by atoms with Crippen LogP contribution in [-0.2, 0) is 20.6 Å². The van der Waals surface area contributed by atoms with E-state index >= 15 is 0 Å². The molecule has 1 aliphatic heterocycles. The minimum Gasteiger partial charge on any atom is -0.401 e. The van der Waals surface area contributed by atoms with E-state index in [1.807, 2.05) is 60.7 Å². The van der Waals surface area contributed by atoms with Crippen LogP contribution in [-0.4, -0.2) is 55.6 Å². The molecule has 0 radical (unpaired) electrons. The lowest BCUT2D eigenvalue weighted by Crippen LogP contribution is -2.37. The standard InChI is InChI=1S/C23H29N7O2S/c1-14-20(33-30-11-17(8-24)21(25)18(12-30)13-31)7-19(28(14)2)23(32)26-9-15-5-4-6-16-10-27-29(3)22(15)16/h4-8,10,18,24,31H,9,11-13,25H2,1-3H3,(H,26,32). The highest BCUT2D eigenvalue weighted by atomic mass is 32.2. The molecule has 9 nitrogen and oxygen atoms in total. The van der Waals surface area contributed by atoms with Gasteiger partial charge >= 0.3 is 0 Å². The molecule has 10 heteroatoms. The van der Waals surface area contributed by atoms with E-state index in [9.17, 15) is 9.90 Å². The van der Waals surface area contributed by atoms with Crippen LogP contribution in [0.5, 0.6) is 0 Å². The fraction of sp³-hybridized carbons (Fsp3) is 0.348. The van der Waals surface area contributed by atoms with E-state index in [2.05, 4.69) is 14.7 Å². The minimum atomic E-state index is -0.204. The first-order valence-electron chi connectivity index (χ1n) is 10.7. The van der Waals surface area contributed by atoms with Gasteiger partial charge in [0.25, 0.3) is 5.91 Å². The molecule has 0 spiro atoms. The van der Waals surface area contributed by atoms with E-state index in [-0.39, 0.29) is 18.4 Å². The van der Waals surface area contributed by atoms with Crippen molar-refractivity contribution >= 4 is 35.0 Å². The SMILES string of the molecule is Cc1c(SN2CC(C=N)=C(N)C(CO)C2)cc(C(=O)NCc2cccc3cnn(C)c23)n1C. The van der Waals surface area contributed by atoms with Gasteiger partial charge in [0.15, 0.2) is 0 Å². The smallest absolute Gasteiger partial charge is 0.268 e. The Balaban J connectivity index is 1.49. The Morgan fingerprint density at radius 1 is 1.42 bits per heavy atom. The minimum absolute atomic E-state index is 0.0644. The summed E-state index contributed by atoms with van der Waals surface area (Å²) in [4.78, 5) is 14.0. The molecule has 1 unspecified atom stereocenters. The van der Waals surface area contributed by atoms with Crippen molar-refractivity contribution in [2.45, 2.75) is 18.4 Å². The largest absolute Gasteiger partial charge is 0.401 e. The number of rotatable bonds is 7. The maximum Gasteiger partial charge on any atom is 0.268 e. The number of para-hydroxylation sites is 1. The molecule has 4 rings (SSSR count). The van der Waals surface area contributed by atoms with E-state index in [0.717, 1.165) is 27.1 Å². The van der Waals surface area contributed by atoms with Gasteiger partial charge < -0.3 is 26.1 Å². The van der Waals surface area contributed by atoms with Gasteiger partial charge in [-0.05, 0) is 30.5 Å². The highest BCUT2D eigenvalue weighted by molar-refractivity contribution is 7.97. The molecule has 0 saturated carbocycles. The van der Waals surface area contributed by atoms with E-state index in [1.165, 1.54) is 18.2 Å². The average Bonchev–Trinajstić information content (AvgIpc) is 3.33. The first kappa shape index (κ1) is 23.1. The zero-order valence-corrected chi connectivity index (χ0v) is 19.8. The van der Waals surface area contributed by atoms with Crippen LogP contribution in [0.1, 0.15) is 21.7 Å². The number of fused-ring (bicyclic) bond motifs is 1. The Morgan fingerprint density at radius 2 is 2.21 bits per heavy atom. The summed E-state index contributed by atoms with van der Waals surface area (Å²) in [7, 11) is 3.77. The van der Waals surface area contributed by atoms with Crippen LogP contribution >= 0.6 is 11.9 Å². The van der Waals surface area contributed by atoms with Crippen LogP contribution in [0.2, 0.25) is 0 Å². The van der Waals surface area contributed by atoms with Crippen molar-refractivity contribution in [3.8, 4) is 0 Å². The summed E-state index contributed by atoms with van der Waals surface area (Å²) in [6.07, 6.45) is 3.07. The van der Waals surface area contributed by atoms with Crippen molar-refractivity contribution in [3.63, 3.8) is 0 Å². The van der Waals surface area contributed by atoms with E-state index < -0.39 is 0 Å². The molecule has 0 bridgehead atoms. The van der Waals surface area contributed by atoms with E-state index in [0.29, 0.717) is 36.6 Å². The summed E-state index contributed by atoms with van der Waals surface area (Å²) < 4.78 is 5.78. The number of aryl methyl sites for hydroxylation is 1. The summed E-state index contributed by atoms with van der Waals surface area (Å²) in [5.41, 5.74) is 10.9. The number of amides is 1. The lowest BCUT2D eigenvalue weighted by Gasteiger charge is -2.32. The highest BCUT2D eigenvalue weighted by Crippen LogP contribution is 2.33. The van der Waals surface area contributed by atoms with Gasteiger partial charge in [-0.25, -0.2) is 4.31 Å². The van der Waals surface area contributed by atoms with Gasteiger partial charge in [-0.1, -0.05) is 18.2 Å². The molecule has 1 atom stereocenters. The molecule has 3 aromatic rings. The van der Waals surface area contributed by atoms with Gasteiger partial charge in [0.1, 0.15) is 5.69 Å². The van der Waals surface area contributed by atoms with Gasteiger partial charge in [0.2, 0.25) is 0 Å². The second kappa shape index (κ2) is 9.42. The Kier molecular flexibility index (Phi) is 6.59. The Morgan fingerprint density at radius 3 is 2.94 bits per heavy atom. The number of hydrogen-bond donors (Lipinski definition) is 4. The molecule has 1 aliphatic rings. The van der Waals surface area contributed by atoms with Crippen molar-refractivity contribution in [1.29, 1.82) is 5.41 Å². The Bertz CT molecular complexity index is 1240. The number of aliphatic hydroxyl groups excluding tert-OH is 1. The zero-order chi connectivity index (χ0) is 23.7. The van der Waals surface area contributed by atoms with Gasteiger partial charge in [-0.2, -0.15) is 5.10 Å². The Hall–Kier alpha value is -3.08. The molecular weight excluding hydrogens is 438 g/mol. The van der Waals surface area contributed by atoms with E-state index in [1.54, 1.807) is 0 Å². The number of aliphatic hydroxyl groups is 1. The third-order valence-electron chi connectivity index (χ3n) is 6.21. The van der Waals surface area contributed by atoms with Crippen LogP contribution in [0, 0.1) is 18.3 Å². The normalized spacial score (nSPS) is 17.0. The Labute approximate surface area is 196 Å². The topological polar surface area (TPSA) is 125 Å². The maximum atomic E-state index is 13.0. The molecule has 1 aromatic carbocycles. The van der Waals surface area contributed by atoms with Gasteiger partial charge in [-0.3, -0.25) is 9.48 Å². The fourth-order valence-electron chi connectivity index (χ4n) is 4.15. The van der Waals surface area contributed by atoms with Crippen LogP contribution < -0.4 is 11.1 Å². The van der Waals surface area contributed by atoms with E-state index in [4.69, 9.17) is 11.1 Å². The number of benzene rings is 1. The molecule has 33 heavy (non-hydrogen) atoms. The number of hydrogen-bond acceptors (Lipinski definition) is 7. The molecule has 5 N–H and O–H groups in total.